The van der Waals surface area contributed by atoms with Crippen LogP contribution in [-0.4, -0.2) is 24.8 Å². The first kappa shape index (κ1) is 23.1. The van der Waals surface area contributed by atoms with Gasteiger partial charge in [-0.25, -0.2) is 0 Å². The fourth-order valence-corrected chi connectivity index (χ4v) is 2.73. The minimum Gasteiger partial charge on any atom is -0.353 e. The molecule has 23 heavy (non-hydrogen) atoms. The summed E-state index contributed by atoms with van der Waals surface area (Å²) in [6.45, 7) is 5.93. The van der Waals surface area contributed by atoms with E-state index in [0.717, 1.165) is 44.2 Å². The number of halogens is 1. The molecule has 0 aromatic carbocycles. The number of hydrogen-bond donors (Lipinski definition) is 0. The van der Waals surface area contributed by atoms with Gasteiger partial charge >= 0.3 is 0 Å². The second-order valence-corrected chi connectivity index (χ2v) is 6.97. The zero-order valence-corrected chi connectivity index (χ0v) is 17.1. The Morgan fingerprint density at radius 2 is 1.26 bits per heavy atom. The summed E-state index contributed by atoms with van der Waals surface area (Å²) >= 11 is 3.44. The van der Waals surface area contributed by atoms with Gasteiger partial charge in [0.2, 0.25) is 0 Å². The highest BCUT2D eigenvalue weighted by Crippen LogP contribution is 2.13. The van der Waals surface area contributed by atoms with Crippen molar-refractivity contribution in [1.29, 1.82) is 0 Å². The van der Waals surface area contributed by atoms with Crippen molar-refractivity contribution in [3.63, 3.8) is 0 Å². The minimum absolute atomic E-state index is 0.0289. The molecule has 138 valence electrons. The standard InChI is InChI=1S/C20H39BrO2/c1-3-18-22-20(23-19-4-2)16-14-12-10-8-6-5-7-9-11-13-15-17-21/h11,13,20H,3-10,12,14-19H2,1-2H3/b13-11+. The van der Waals surface area contributed by atoms with Crippen molar-refractivity contribution < 1.29 is 9.47 Å². The Morgan fingerprint density at radius 1 is 0.739 bits per heavy atom. The molecule has 0 heterocycles. The summed E-state index contributed by atoms with van der Waals surface area (Å²) < 4.78 is 11.5. The molecule has 0 saturated heterocycles. The van der Waals surface area contributed by atoms with Gasteiger partial charge < -0.3 is 9.47 Å². The highest BCUT2D eigenvalue weighted by molar-refractivity contribution is 9.09. The van der Waals surface area contributed by atoms with Crippen LogP contribution < -0.4 is 0 Å². The molecule has 2 nitrogen and oxygen atoms in total. The van der Waals surface area contributed by atoms with Crippen molar-refractivity contribution in [2.75, 3.05) is 18.5 Å². The third-order valence-electron chi connectivity index (χ3n) is 3.77. The Bertz CT molecular complexity index is 236. The molecule has 0 amide bonds. The van der Waals surface area contributed by atoms with Gasteiger partial charge in [-0.1, -0.05) is 74.0 Å². The fourth-order valence-electron chi connectivity index (χ4n) is 2.47. The average Bonchev–Trinajstić information content (AvgIpc) is 2.57. The van der Waals surface area contributed by atoms with Crippen LogP contribution in [0.4, 0.5) is 0 Å². The van der Waals surface area contributed by atoms with Gasteiger partial charge in [0.1, 0.15) is 0 Å². The maximum absolute atomic E-state index is 5.76. The van der Waals surface area contributed by atoms with Crippen LogP contribution >= 0.6 is 15.9 Å². The second kappa shape index (κ2) is 20.2. The zero-order valence-electron chi connectivity index (χ0n) is 15.5. The highest BCUT2D eigenvalue weighted by atomic mass is 79.9. The molecule has 0 aromatic heterocycles. The molecule has 0 saturated carbocycles. The average molecular weight is 391 g/mol. The zero-order chi connectivity index (χ0) is 17.0. The van der Waals surface area contributed by atoms with Crippen LogP contribution in [0.3, 0.4) is 0 Å². The normalized spacial score (nSPS) is 11.8. The SMILES string of the molecule is CCCOC(CCCCCCCCC/C=C/CCBr)OCCC. The van der Waals surface area contributed by atoms with Crippen LogP contribution in [0.5, 0.6) is 0 Å². The van der Waals surface area contributed by atoms with Crippen LogP contribution in [0.1, 0.15) is 90.9 Å². The van der Waals surface area contributed by atoms with Crippen LogP contribution in [-0.2, 0) is 9.47 Å². The third kappa shape index (κ3) is 18.3. The Morgan fingerprint density at radius 3 is 1.83 bits per heavy atom. The van der Waals surface area contributed by atoms with Gasteiger partial charge in [-0.3, -0.25) is 0 Å². The lowest BCUT2D eigenvalue weighted by atomic mass is 10.1. The van der Waals surface area contributed by atoms with Gasteiger partial charge in [0.25, 0.3) is 0 Å². The lowest BCUT2D eigenvalue weighted by molar-refractivity contribution is -0.146. The molecular formula is C20H39BrO2. The van der Waals surface area contributed by atoms with Crippen molar-refractivity contribution in [3.05, 3.63) is 12.2 Å². The lowest BCUT2D eigenvalue weighted by Gasteiger charge is -2.18. The van der Waals surface area contributed by atoms with E-state index in [4.69, 9.17) is 9.47 Å². The van der Waals surface area contributed by atoms with Crippen LogP contribution in [0.25, 0.3) is 0 Å². The minimum atomic E-state index is 0.0289. The summed E-state index contributed by atoms with van der Waals surface area (Å²) in [6.07, 6.45) is 19.6. The van der Waals surface area contributed by atoms with E-state index in [1.54, 1.807) is 0 Å². The first-order valence-corrected chi connectivity index (χ1v) is 10.9. The quantitative estimate of drug-likeness (QED) is 0.108. The summed E-state index contributed by atoms with van der Waals surface area (Å²) in [6, 6.07) is 0. The maximum Gasteiger partial charge on any atom is 0.157 e. The molecule has 0 atom stereocenters. The van der Waals surface area contributed by atoms with Gasteiger partial charge in [-0.15, -0.1) is 0 Å². The van der Waals surface area contributed by atoms with Gasteiger partial charge in [-0.05, 0) is 44.9 Å². The second-order valence-electron chi connectivity index (χ2n) is 6.17. The Kier molecular flexibility index (Phi) is 20.3. The number of hydrogen-bond acceptors (Lipinski definition) is 2. The molecule has 0 aromatic rings. The van der Waals surface area contributed by atoms with Crippen LogP contribution in [0, 0.1) is 0 Å². The molecule has 0 unspecified atom stereocenters. The van der Waals surface area contributed by atoms with Gasteiger partial charge in [0, 0.05) is 18.5 Å². The summed E-state index contributed by atoms with van der Waals surface area (Å²) in [5.74, 6) is 0. The molecule has 0 bridgehead atoms. The summed E-state index contributed by atoms with van der Waals surface area (Å²) in [5, 5.41) is 1.08. The van der Waals surface area contributed by atoms with Crippen LogP contribution in [0.15, 0.2) is 12.2 Å². The van der Waals surface area contributed by atoms with E-state index in [1.165, 1.54) is 51.4 Å². The maximum atomic E-state index is 5.76. The number of rotatable bonds is 18. The number of ether oxygens (including phenoxy) is 2. The van der Waals surface area contributed by atoms with Crippen LogP contribution in [0.2, 0.25) is 0 Å². The topological polar surface area (TPSA) is 18.5 Å². The largest absolute Gasteiger partial charge is 0.353 e. The van der Waals surface area contributed by atoms with Gasteiger partial charge in [0.05, 0.1) is 0 Å². The van der Waals surface area contributed by atoms with E-state index < -0.39 is 0 Å². The van der Waals surface area contributed by atoms with E-state index in [-0.39, 0.29) is 6.29 Å². The highest BCUT2D eigenvalue weighted by Gasteiger charge is 2.08. The van der Waals surface area contributed by atoms with Crippen molar-refractivity contribution in [3.8, 4) is 0 Å². The molecule has 0 fully saturated rings. The molecule has 0 aliphatic heterocycles. The summed E-state index contributed by atoms with van der Waals surface area (Å²) in [4.78, 5) is 0. The molecule has 0 N–H and O–H groups in total. The summed E-state index contributed by atoms with van der Waals surface area (Å²) in [7, 11) is 0. The Balaban J connectivity index is 3.37. The molecule has 0 aliphatic carbocycles. The first-order valence-electron chi connectivity index (χ1n) is 9.79. The van der Waals surface area contributed by atoms with Crippen molar-refractivity contribution in [2.45, 2.75) is 97.2 Å². The van der Waals surface area contributed by atoms with Crippen molar-refractivity contribution in [1.82, 2.24) is 0 Å². The smallest absolute Gasteiger partial charge is 0.157 e. The Hall–Kier alpha value is 0.140. The van der Waals surface area contributed by atoms with Gasteiger partial charge in [-0.2, -0.15) is 0 Å². The van der Waals surface area contributed by atoms with Gasteiger partial charge in [0.15, 0.2) is 6.29 Å². The molecule has 3 heteroatoms. The third-order valence-corrected chi connectivity index (χ3v) is 4.23. The van der Waals surface area contributed by atoms with Crippen molar-refractivity contribution in [2.24, 2.45) is 0 Å². The predicted octanol–water partition coefficient (Wildman–Crippen LogP) is 7.02. The molecule has 0 aliphatic rings. The fraction of sp³-hybridized carbons (Fsp3) is 0.900. The van der Waals surface area contributed by atoms with E-state index in [2.05, 4.69) is 41.9 Å². The number of allylic oxidation sites excluding steroid dienone is 2. The predicted molar refractivity (Wildman–Crippen MR) is 105 cm³/mol. The lowest BCUT2D eigenvalue weighted by Crippen LogP contribution is -2.18. The Labute approximate surface area is 153 Å². The number of alkyl halides is 1. The van der Waals surface area contributed by atoms with Crippen molar-refractivity contribution >= 4 is 15.9 Å². The van der Waals surface area contributed by atoms with E-state index in [9.17, 15) is 0 Å². The van der Waals surface area contributed by atoms with E-state index >= 15 is 0 Å². The molecular weight excluding hydrogens is 352 g/mol. The molecule has 0 rings (SSSR count). The summed E-state index contributed by atoms with van der Waals surface area (Å²) in [5.41, 5.74) is 0. The number of unbranched alkanes of at least 4 members (excludes halogenated alkanes) is 7. The molecule has 0 radical (unpaired) electrons. The first-order chi connectivity index (χ1) is 11.3. The van der Waals surface area contributed by atoms with E-state index in [0.29, 0.717) is 0 Å². The monoisotopic (exact) mass is 390 g/mol. The molecule has 0 spiro atoms. The van der Waals surface area contributed by atoms with E-state index in [1.807, 2.05) is 0 Å².